The fraction of sp³-hybridized carbons (Fsp3) is 0.120. The number of nitrogens with zero attached hydrogens (tertiary/aromatic N) is 1. The summed E-state index contributed by atoms with van der Waals surface area (Å²) < 4.78 is 17.7. The number of hydrogen-bond acceptors (Lipinski definition) is 5. The first-order valence-electron chi connectivity index (χ1n) is 10.3. The summed E-state index contributed by atoms with van der Waals surface area (Å²) >= 11 is 27.6. The number of rotatable bonds is 7. The lowest BCUT2D eigenvalue weighted by molar-refractivity contribution is -0.129. The van der Waals surface area contributed by atoms with Crippen LogP contribution < -0.4 is 9.47 Å². The number of esters is 1. The Bertz CT molecular complexity index is 1370. The minimum absolute atomic E-state index is 0.130. The molecule has 5 nitrogen and oxygen atoms in total. The van der Waals surface area contributed by atoms with Gasteiger partial charge in [-0.2, -0.15) is 0 Å². The summed E-state index contributed by atoms with van der Waals surface area (Å²) in [5.41, 5.74) is 2.18. The molecule has 0 radical (unpaired) electrons. The lowest BCUT2D eigenvalue weighted by Gasteiger charge is -2.15. The largest absolute Gasteiger partial charge is 0.490 e. The Hall–Kier alpha value is -2.22. The van der Waals surface area contributed by atoms with Gasteiger partial charge in [0.05, 0.1) is 31.2 Å². The van der Waals surface area contributed by atoms with Crippen LogP contribution >= 0.6 is 62.3 Å². The van der Waals surface area contributed by atoms with Crippen molar-refractivity contribution in [2.75, 3.05) is 6.61 Å². The third-order valence-corrected chi connectivity index (χ3v) is 6.86. The number of hydrogen-bond donors (Lipinski definition) is 0. The van der Waals surface area contributed by atoms with Crippen LogP contribution in [0.25, 0.3) is 6.08 Å². The molecule has 1 heterocycles. The summed E-state index contributed by atoms with van der Waals surface area (Å²) in [6.45, 7) is 2.53. The molecule has 10 heteroatoms. The molecule has 0 spiro atoms. The Morgan fingerprint density at radius 3 is 2.34 bits per heavy atom. The molecule has 0 amide bonds. The molecule has 0 unspecified atom stereocenters. The van der Waals surface area contributed by atoms with E-state index >= 15 is 0 Å². The second kappa shape index (κ2) is 11.2. The zero-order valence-corrected chi connectivity index (χ0v) is 22.7. The molecule has 0 aliphatic carbocycles. The van der Waals surface area contributed by atoms with Gasteiger partial charge >= 0.3 is 5.97 Å². The number of aliphatic imine (C=N–C) groups is 1. The van der Waals surface area contributed by atoms with Gasteiger partial charge in [-0.15, -0.1) is 0 Å². The zero-order valence-electron chi connectivity index (χ0n) is 18.1. The smallest absolute Gasteiger partial charge is 0.363 e. The summed E-state index contributed by atoms with van der Waals surface area (Å²) in [5.74, 6) is 0.563. The van der Waals surface area contributed by atoms with Crippen LogP contribution in [0.2, 0.25) is 20.1 Å². The lowest BCUT2D eigenvalue weighted by atomic mass is 10.1. The van der Waals surface area contributed by atoms with E-state index < -0.39 is 5.97 Å². The van der Waals surface area contributed by atoms with E-state index in [0.29, 0.717) is 53.8 Å². The maximum absolute atomic E-state index is 12.4. The third-order valence-electron chi connectivity index (χ3n) is 4.79. The van der Waals surface area contributed by atoms with Gasteiger partial charge in [-0.3, -0.25) is 0 Å². The highest BCUT2D eigenvalue weighted by Crippen LogP contribution is 2.38. The molecule has 1 aliphatic rings. The molecule has 4 rings (SSSR count). The number of benzene rings is 3. The van der Waals surface area contributed by atoms with Crippen molar-refractivity contribution in [3.8, 4) is 11.5 Å². The van der Waals surface area contributed by atoms with E-state index in [9.17, 15) is 4.79 Å². The Kier molecular flexibility index (Phi) is 8.30. The van der Waals surface area contributed by atoms with Crippen LogP contribution in [0.15, 0.2) is 63.7 Å². The van der Waals surface area contributed by atoms with Gasteiger partial charge in [0.25, 0.3) is 0 Å². The van der Waals surface area contributed by atoms with Crippen molar-refractivity contribution in [3.05, 3.63) is 95.5 Å². The first-order valence-corrected chi connectivity index (χ1v) is 12.6. The molecule has 0 aromatic heterocycles. The van der Waals surface area contributed by atoms with Gasteiger partial charge in [0, 0.05) is 5.56 Å². The lowest BCUT2D eigenvalue weighted by Crippen LogP contribution is -2.05. The summed E-state index contributed by atoms with van der Waals surface area (Å²) in [6, 6.07) is 13.7. The average molecular weight is 616 g/mol. The summed E-state index contributed by atoms with van der Waals surface area (Å²) in [5, 5.41) is 1.65. The maximum Gasteiger partial charge on any atom is 0.363 e. The molecule has 0 atom stereocenters. The molecule has 0 bridgehead atoms. The number of carbonyl (C=O) groups excluding carboxylic acids is 1. The van der Waals surface area contributed by atoms with Gasteiger partial charge in [0.15, 0.2) is 17.2 Å². The Morgan fingerprint density at radius 1 is 0.943 bits per heavy atom. The van der Waals surface area contributed by atoms with Crippen molar-refractivity contribution < 1.29 is 19.0 Å². The fourth-order valence-corrected chi connectivity index (χ4v) is 4.37. The third kappa shape index (κ3) is 6.13. The van der Waals surface area contributed by atoms with Crippen molar-refractivity contribution in [1.29, 1.82) is 0 Å². The van der Waals surface area contributed by atoms with Gasteiger partial charge in [0.1, 0.15) is 6.61 Å². The molecule has 0 N–H and O–H groups in total. The standard InChI is InChI=1S/C25H16BrCl4NO4/c1-2-33-22-10-14(7-16(26)23(22)34-12-13-3-5-17(27)19(29)8-13)9-21-25(32)35-24(31-21)15-4-6-18(28)20(30)11-15/h3-11H,2,12H2,1H3/b21-9-. The number of ether oxygens (including phenoxy) is 3. The Morgan fingerprint density at radius 2 is 1.66 bits per heavy atom. The van der Waals surface area contributed by atoms with Gasteiger partial charge < -0.3 is 14.2 Å². The monoisotopic (exact) mass is 613 g/mol. The predicted molar refractivity (Wildman–Crippen MR) is 143 cm³/mol. The molecule has 3 aromatic carbocycles. The number of carbonyl (C=O) groups is 1. The van der Waals surface area contributed by atoms with Crippen molar-refractivity contribution in [1.82, 2.24) is 0 Å². The minimum atomic E-state index is -0.583. The van der Waals surface area contributed by atoms with Gasteiger partial charge in [-0.25, -0.2) is 9.79 Å². The van der Waals surface area contributed by atoms with Crippen LogP contribution in [0.5, 0.6) is 11.5 Å². The molecular weight excluding hydrogens is 600 g/mol. The van der Waals surface area contributed by atoms with E-state index in [2.05, 4.69) is 20.9 Å². The molecule has 0 saturated carbocycles. The van der Waals surface area contributed by atoms with E-state index in [1.807, 2.05) is 13.0 Å². The van der Waals surface area contributed by atoms with E-state index in [4.69, 9.17) is 60.6 Å². The summed E-state index contributed by atoms with van der Waals surface area (Å²) in [7, 11) is 0. The molecule has 180 valence electrons. The second-order valence-electron chi connectivity index (χ2n) is 7.27. The van der Waals surface area contributed by atoms with Gasteiger partial charge in [0.2, 0.25) is 5.90 Å². The topological polar surface area (TPSA) is 57.1 Å². The quantitative estimate of drug-likeness (QED) is 0.198. The van der Waals surface area contributed by atoms with Gasteiger partial charge in [-0.1, -0.05) is 52.5 Å². The van der Waals surface area contributed by atoms with Crippen LogP contribution in [-0.2, 0) is 16.1 Å². The molecular formula is C25H16BrCl4NO4. The maximum atomic E-state index is 12.4. The van der Waals surface area contributed by atoms with E-state index in [1.165, 1.54) is 0 Å². The van der Waals surface area contributed by atoms with Crippen molar-refractivity contribution >= 4 is 80.3 Å². The van der Waals surface area contributed by atoms with E-state index in [1.54, 1.807) is 48.5 Å². The highest BCUT2D eigenvalue weighted by atomic mass is 79.9. The highest BCUT2D eigenvalue weighted by Gasteiger charge is 2.25. The van der Waals surface area contributed by atoms with Crippen LogP contribution in [0.1, 0.15) is 23.6 Å². The fourth-order valence-electron chi connectivity index (χ4n) is 3.18. The number of halogens is 5. The van der Waals surface area contributed by atoms with Crippen molar-refractivity contribution in [3.63, 3.8) is 0 Å². The van der Waals surface area contributed by atoms with Crippen molar-refractivity contribution in [2.24, 2.45) is 4.99 Å². The average Bonchev–Trinajstić information content (AvgIpc) is 3.17. The van der Waals surface area contributed by atoms with Crippen molar-refractivity contribution in [2.45, 2.75) is 13.5 Å². The second-order valence-corrected chi connectivity index (χ2v) is 9.75. The van der Waals surface area contributed by atoms with Gasteiger partial charge in [-0.05, 0) is 82.5 Å². The SMILES string of the molecule is CCOc1cc(/C=C2\N=C(c3ccc(Cl)c(Cl)c3)OC2=O)cc(Br)c1OCc1ccc(Cl)c(Cl)c1. The van der Waals surface area contributed by atoms with Crippen LogP contribution in [-0.4, -0.2) is 18.5 Å². The van der Waals surface area contributed by atoms with E-state index in [-0.39, 0.29) is 18.2 Å². The first kappa shape index (κ1) is 25.9. The first-order chi connectivity index (χ1) is 16.7. The number of cyclic esters (lactones) is 1. The molecule has 0 fully saturated rings. The van der Waals surface area contributed by atoms with Crippen LogP contribution in [0.3, 0.4) is 0 Å². The van der Waals surface area contributed by atoms with Crippen LogP contribution in [0, 0.1) is 0 Å². The van der Waals surface area contributed by atoms with Crippen LogP contribution in [0.4, 0.5) is 0 Å². The zero-order chi connectivity index (χ0) is 25.1. The van der Waals surface area contributed by atoms with E-state index in [0.717, 1.165) is 5.56 Å². The summed E-state index contributed by atoms with van der Waals surface area (Å²) in [4.78, 5) is 16.8. The molecule has 0 saturated heterocycles. The highest BCUT2D eigenvalue weighted by molar-refractivity contribution is 9.10. The Balaban J connectivity index is 1.61. The summed E-state index contributed by atoms with van der Waals surface area (Å²) in [6.07, 6.45) is 1.60. The Labute approximate surface area is 230 Å². The predicted octanol–water partition coefficient (Wildman–Crippen LogP) is 8.38. The normalized spacial score (nSPS) is 14.2. The molecule has 35 heavy (non-hydrogen) atoms. The molecule has 1 aliphatic heterocycles. The molecule has 3 aromatic rings. The minimum Gasteiger partial charge on any atom is -0.490 e.